The lowest BCUT2D eigenvalue weighted by molar-refractivity contribution is 0.0968. The molecule has 2 aromatic heterocycles. The summed E-state index contributed by atoms with van der Waals surface area (Å²) in [5.41, 5.74) is 1.75. The fourth-order valence-corrected chi connectivity index (χ4v) is 2.60. The fourth-order valence-electron chi connectivity index (χ4n) is 2.60. The average Bonchev–Trinajstić information content (AvgIpc) is 3.17. The molecule has 1 aromatic carbocycles. The van der Waals surface area contributed by atoms with Gasteiger partial charge in [0.25, 0.3) is 0 Å². The maximum Gasteiger partial charge on any atom is 0.315 e. The standard InChI is InChI=1S/C19H17N3O3/c1-3-22(4-2)15-8-7-13-10-14(12-20)19(25-17(13)11-15)21-18(23)16-6-5-9-24-16/h5-11H,3-4H2,1-2H3. The number of carbonyl (C=O) groups is 1. The molecule has 25 heavy (non-hydrogen) atoms. The van der Waals surface area contributed by atoms with Crippen LogP contribution in [0.3, 0.4) is 0 Å². The molecule has 1 amide bonds. The third-order valence-electron chi connectivity index (χ3n) is 3.92. The Morgan fingerprint density at radius 2 is 2.04 bits per heavy atom. The smallest absolute Gasteiger partial charge is 0.315 e. The number of furan rings is 1. The van der Waals surface area contributed by atoms with Crippen molar-refractivity contribution in [2.45, 2.75) is 13.8 Å². The van der Waals surface area contributed by atoms with E-state index in [1.807, 2.05) is 24.3 Å². The molecule has 0 bridgehead atoms. The Morgan fingerprint density at radius 1 is 1.24 bits per heavy atom. The lowest BCUT2D eigenvalue weighted by atomic mass is 10.1. The van der Waals surface area contributed by atoms with Gasteiger partial charge < -0.3 is 13.7 Å². The van der Waals surface area contributed by atoms with Crippen molar-refractivity contribution in [2.75, 3.05) is 18.0 Å². The summed E-state index contributed by atoms with van der Waals surface area (Å²) < 4.78 is 10.8. The SMILES string of the molecule is CCN(CC)c1ccc2cc(C#N)c(=NC(=O)c3ccco3)oc2c1. The molecule has 0 aliphatic carbocycles. The molecule has 0 atom stereocenters. The Morgan fingerprint density at radius 3 is 2.68 bits per heavy atom. The molecular weight excluding hydrogens is 318 g/mol. The van der Waals surface area contributed by atoms with Crippen molar-refractivity contribution in [1.29, 1.82) is 5.26 Å². The molecule has 0 radical (unpaired) electrons. The molecule has 0 spiro atoms. The van der Waals surface area contributed by atoms with Gasteiger partial charge in [-0.15, -0.1) is 0 Å². The fraction of sp³-hybridized carbons (Fsp3) is 0.211. The quantitative estimate of drug-likeness (QED) is 0.729. The summed E-state index contributed by atoms with van der Waals surface area (Å²) in [5.74, 6) is -0.499. The molecule has 3 rings (SSSR count). The van der Waals surface area contributed by atoms with Crippen LogP contribution in [-0.4, -0.2) is 19.0 Å². The molecular formula is C19H17N3O3. The molecule has 0 fully saturated rings. The minimum absolute atomic E-state index is 0.0203. The molecule has 0 aliphatic heterocycles. The number of fused-ring (bicyclic) bond motifs is 1. The number of carbonyl (C=O) groups excluding carboxylic acids is 1. The van der Waals surface area contributed by atoms with Gasteiger partial charge >= 0.3 is 5.91 Å². The zero-order valence-electron chi connectivity index (χ0n) is 14.0. The number of benzene rings is 1. The van der Waals surface area contributed by atoms with Crippen molar-refractivity contribution >= 4 is 22.6 Å². The van der Waals surface area contributed by atoms with Gasteiger partial charge in [-0.3, -0.25) is 4.79 Å². The van der Waals surface area contributed by atoms with E-state index in [0.29, 0.717) is 5.58 Å². The van der Waals surface area contributed by atoms with E-state index in [1.54, 1.807) is 12.1 Å². The molecule has 0 saturated heterocycles. The number of hydrogen-bond acceptors (Lipinski definition) is 5. The van der Waals surface area contributed by atoms with Gasteiger partial charge in [0.15, 0.2) is 5.76 Å². The first-order valence-electron chi connectivity index (χ1n) is 8.01. The summed E-state index contributed by atoms with van der Waals surface area (Å²) in [5, 5.41) is 10.1. The second kappa shape index (κ2) is 7.05. The molecule has 0 saturated carbocycles. The predicted molar refractivity (Wildman–Crippen MR) is 93.1 cm³/mol. The molecule has 3 aromatic rings. The highest BCUT2D eigenvalue weighted by atomic mass is 16.3. The Labute approximate surface area is 144 Å². The van der Waals surface area contributed by atoms with Crippen LogP contribution in [0.1, 0.15) is 30.0 Å². The third-order valence-corrected chi connectivity index (χ3v) is 3.92. The first kappa shape index (κ1) is 16.5. The summed E-state index contributed by atoms with van der Waals surface area (Å²) >= 11 is 0. The Hall–Kier alpha value is -3.33. The van der Waals surface area contributed by atoms with Gasteiger partial charge in [-0.2, -0.15) is 10.3 Å². The highest BCUT2D eigenvalue weighted by Crippen LogP contribution is 2.21. The maximum atomic E-state index is 12.1. The van der Waals surface area contributed by atoms with Crippen LogP contribution >= 0.6 is 0 Å². The van der Waals surface area contributed by atoms with Gasteiger partial charge in [-0.25, -0.2) is 0 Å². The van der Waals surface area contributed by atoms with Crippen LogP contribution in [0.2, 0.25) is 0 Å². The number of anilines is 1. The van der Waals surface area contributed by atoms with E-state index in [4.69, 9.17) is 8.83 Å². The number of nitrogens with zero attached hydrogens (tertiary/aromatic N) is 3. The predicted octanol–water partition coefficient (Wildman–Crippen LogP) is 3.48. The van der Waals surface area contributed by atoms with E-state index in [0.717, 1.165) is 24.2 Å². The third kappa shape index (κ3) is 3.31. The summed E-state index contributed by atoms with van der Waals surface area (Å²) in [6, 6.07) is 12.6. The van der Waals surface area contributed by atoms with E-state index in [1.165, 1.54) is 12.3 Å². The molecule has 126 valence electrons. The normalized spacial score (nSPS) is 11.5. The molecule has 0 aliphatic rings. The summed E-state index contributed by atoms with van der Waals surface area (Å²) in [4.78, 5) is 18.2. The van der Waals surface area contributed by atoms with Crippen molar-refractivity contribution in [3.63, 3.8) is 0 Å². The van der Waals surface area contributed by atoms with E-state index in [2.05, 4.69) is 23.7 Å². The van der Waals surface area contributed by atoms with Crippen LogP contribution in [0.25, 0.3) is 11.0 Å². The van der Waals surface area contributed by atoms with Gasteiger partial charge in [0, 0.05) is 30.2 Å². The van der Waals surface area contributed by atoms with Gasteiger partial charge in [-0.1, -0.05) is 0 Å². The highest BCUT2D eigenvalue weighted by molar-refractivity contribution is 5.92. The molecule has 2 heterocycles. The van der Waals surface area contributed by atoms with Crippen LogP contribution in [0, 0.1) is 11.3 Å². The largest absolute Gasteiger partial charge is 0.459 e. The first-order chi connectivity index (χ1) is 12.2. The summed E-state index contributed by atoms with van der Waals surface area (Å²) in [6.45, 7) is 5.89. The first-order valence-corrected chi connectivity index (χ1v) is 8.01. The zero-order chi connectivity index (χ0) is 17.8. The topological polar surface area (TPSA) is 82.7 Å². The van der Waals surface area contributed by atoms with Crippen molar-refractivity contribution < 1.29 is 13.6 Å². The summed E-state index contributed by atoms with van der Waals surface area (Å²) in [7, 11) is 0. The maximum absolute atomic E-state index is 12.1. The van der Waals surface area contributed by atoms with Crippen molar-refractivity contribution in [3.8, 4) is 6.07 Å². The van der Waals surface area contributed by atoms with Gasteiger partial charge in [-0.05, 0) is 44.2 Å². The Bertz CT molecular complexity index is 1010. The minimum atomic E-state index is -0.593. The van der Waals surface area contributed by atoms with Crippen LogP contribution in [-0.2, 0) is 0 Å². The number of nitriles is 1. The lowest BCUT2D eigenvalue weighted by Crippen LogP contribution is -2.21. The minimum Gasteiger partial charge on any atom is -0.459 e. The van der Waals surface area contributed by atoms with Crippen molar-refractivity contribution in [3.05, 3.63) is 59.5 Å². The lowest BCUT2D eigenvalue weighted by Gasteiger charge is -2.20. The van der Waals surface area contributed by atoms with Crippen LogP contribution in [0.5, 0.6) is 0 Å². The molecule has 6 nitrogen and oxygen atoms in total. The van der Waals surface area contributed by atoms with Crippen molar-refractivity contribution in [1.82, 2.24) is 0 Å². The van der Waals surface area contributed by atoms with E-state index in [9.17, 15) is 10.1 Å². The van der Waals surface area contributed by atoms with E-state index in [-0.39, 0.29) is 16.9 Å². The van der Waals surface area contributed by atoms with Crippen LogP contribution < -0.4 is 10.5 Å². The number of amides is 1. The van der Waals surface area contributed by atoms with Gasteiger partial charge in [0.05, 0.1) is 6.26 Å². The average molecular weight is 335 g/mol. The molecule has 0 unspecified atom stereocenters. The number of rotatable bonds is 4. The zero-order valence-corrected chi connectivity index (χ0v) is 14.0. The Balaban J connectivity index is 2.14. The van der Waals surface area contributed by atoms with Gasteiger partial charge in [0.2, 0.25) is 5.55 Å². The highest BCUT2D eigenvalue weighted by Gasteiger charge is 2.11. The van der Waals surface area contributed by atoms with Crippen LogP contribution in [0.4, 0.5) is 5.69 Å². The monoisotopic (exact) mass is 335 g/mol. The second-order valence-corrected chi connectivity index (χ2v) is 5.37. The van der Waals surface area contributed by atoms with Crippen LogP contribution in [0.15, 0.2) is 56.5 Å². The van der Waals surface area contributed by atoms with E-state index < -0.39 is 5.91 Å². The molecule has 6 heteroatoms. The summed E-state index contributed by atoms with van der Waals surface area (Å²) in [6.07, 6.45) is 1.39. The number of hydrogen-bond donors (Lipinski definition) is 0. The van der Waals surface area contributed by atoms with E-state index >= 15 is 0 Å². The van der Waals surface area contributed by atoms with Gasteiger partial charge in [0.1, 0.15) is 17.2 Å². The van der Waals surface area contributed by atoms with Crippen molar-refractivity contribution in [2.24, 2.45) is 4.99 Å². The second-order valence-electron chi connectivity index (χ2n) is 5.37. The Kier molecular flexibility index (Phi) is 4.66. The molecule has 0 N–H and O–H groups in total.